The van der Waals surface area contributed by atoms with E-state index < -0.39 is 0 Å². The first-order chi connectivity index (χ1) is 5.22. The molecule has 0 heterocycles. The zero-order chi connectivity index (χ0) is 8.69. The second kappa shape index (κ2) is 5.89. The molecular formula is C8H15NO2. The summed E-state index contributed by atoms with van der Waals surface area (Å²) in [5.74, 6) is 0. The quantitative estimate of drug-likeness (QED) is 0.350. The lowest BCUT2D eigenvalue weighted by Crippen LogP contribution is -1.96. The number of nitrogens with zero attached hydrogens (tertiary/aromatic N) is 1. The van der Waals surface area contributed by atoms with Crippen LogP contribution in [0.25, 0.3) is 0 Å². The Morgan fingerprint density at radius 2 is 2.18 bits per heavy atom. The van der Waals surface area contributed by atoms with Crippen LogP contribution in [0.4, 0.5) is 0 Å². The van der Waals surface area contributed by atoms with E-state index in [1.807, 2.05) is 0 Å². The van der Waals surface area contributed by atoms with Gasteiger partial charge in [-0.05, 0) is 18.9 Å². The second-order valence-electron chi connectivity index (χ2n) is 2.45. The number of nitro groups is 1. The Morgan fingerprint density at radius 1 is 1.55 bits per heavy atom. The molecule has 0 aliphatic rings. The molecule has 0 atom stereocenters. The van der Waals surface area contributed by atoms with Gasteiger partial charge >= 0.3 is 0 Å². The van der Waals surface area contributed by atoms with Crippen LogP contribution in [0, 0.1) is 10.1 Å². The number of hydrogen-bond acceptors (Lipinski definition) is 2. The maximum atomic E-state index is 10.3. The van der Waals surface area contributed by atoms with Gasteiger partial charge in [0.25, 0.3) is 0 Å². The van der Waals surface area contributed by atoms with Crippen LogP contribution < -0.4 is 0 Å². The van der Waals surface area contributed by atoms with Gasteiger partial charge in [-0.3, -0.25) is 10.1 Å². The van der Waals surface area contributed by atoms with Crippen molar-refractivity contribution in [2.75, 3.05) is 0 Å². The van der Waals surface area contributed by atoms with Crippen molar-refractivity contribution in [1.82, 2.24) is 0 Å². The van der Waals surface area contributed by atoms with Crippen LogP contribution in [0.5, 0.6) is 0 Å². The molecule has 0 fully saturated rings. The molecule has 0 N–H and O–H groups in total. The number of unbranched alkanes of at least 4 members (excludes halogenated alkanes) is 2. The first-order valence-corrected chi connectivity index (χ1v) is 4.05. The zero-order valence-electron chi connectivity index (χ0n) is 7.17. The molecule has 0 aromatic heterocycles. The van der Waals surface area contributed by atoms with E-state index in [2.05, 4.69) is 6.92 Å². The summed E-state index contributed by atoms with van der Waals surface area (Å²) in [7, 11) is 0. The Morgan fingerprint density at radius 3 is 2.55 bits per heavy atom. The average Bonchev–Trinajstić information content (AvgIpc) is 1.97. The molecule has 0 aliphatic carbocycles. The van der Waals surface area contributed by atoms with E-state index in [0.29, 0.717) is 12.1 Å². The van der Waals surface area contributed by atoms with Gasteiger partial charge in [-0.25, -0.2) is 0 Å². The van der Waals surface area contributed by atoms with Gasteiger partial charge < -0.3 is 0 Å². The van der Waals surface area contributed by atoms with Crippen molar-refractivity contribution in [3.8, 4) is 0 Å². The molecule has 0 saturated carbocycles. The molecule has 0 aromatic rings. The SMILES string of the molecule is CCCCC=C(CC)[N+](=O)[O-]. The van der Waals surface area contributed by atoms with Gasteiger partial charge in [0.1, 0.15) is 0 Å². The Labute approximate surface area is 67.3 Å². The summed E-state index contributed by atoms with van der Waals surface area (Å²) >= 11 is 0. The fraction of sp³-hybridized carbons (Fsp3) is 0.750. The largest absolute Gasteiger partial charge is 0.259 e. The van der Waals surface area contributed by atoms with E-state index in [1.54, 1.807) is 13.0 Å². The van der Waals surface area contributed by atoms with Crippen LogP contribution in [-0.2, 0) is 0 Å². The topological polar surface area (TPSA) is 43.1 Å². The van der Waals surface area contributed by atoms with Gasteiger partial charge in [0.15, 0.2) is 0 Å². The van der Waals surface area contributed by atoms with E-state index in [-0.39, 0.29) is 4.92 Å². The molecule has 3 nitrogen and oxygen atoms in total. The molecule has 0 aromatic carbocycles. The minimum absolute atomic E-state index is 0.296. The van der Waals surface area contributed by atoms with E-state index in [4.69, 9.17) is 0 Å². The molecule has 0 spiro atoms. The van der Waals surface area contributed by atoms with Crippen molar-refractivity contribution in [3.63, 3.8) is 0 Å². The summed E-state index contributed by atoms with van der Waals surface area (Å²) in [6.07, 6.45) is 5.21. The van der Waals surface area contributed by atoms with Crippen molar-refractivity contribution in [3.05, 3.63) is 21.9 Å². The van der Waals surface area contributed by atoms with Crippen molar-refractivity contribution >= 4 is 0 Å². The summed E-state index contributed by atoms with van der Waals surface area (Å²) in [4.78, 5) is 9.97. The molecule has 0 saturated heterocycles. The maximum absolute atomic E-state index is 10.3. The first-order valence-electron chi connectivity index (χ1n) is 4.05. The van der Waals surface area contributed by atoms with Crippen molar-refractivity contribution in [2.45, 2.75) is 39.5 Å². The molecule has 0 aliphatic heterocycles. The van der Waals surface area contributed by atoms with Gasteiger partial charge in [-0.1, -0.05) is 20.3 Å². The van der Waals surface area contributed by atoms with Crippen molar-refractivity contribution in [2.24, 2.45) is 0 Å². The molecule has 0 unspecified atom stereocenters. The lowest BCUT2D eigenvalue weighted by atomic mass is 10.2. The number of allylic oxidation sites excluding steroid dienone is 2. The average molecular weight is 157 g/mol. The third kappa shape index (κ3) is 4.53. The minimum atomic E-state index is -0.296. The van der Waals surface area contributed by atoms with Gasteiger partial charge in [0.05, 0.1) is 4.92 Å². The van der Waals surface area contributed by atoms with Crippen LogP contribution in [0.2, 0.25) is 0 Å². The Kier molecular flexibility index (Phi) is 5.43. The highest BCUT2D eigenvalue weighted by Gasteiger charge is 2.04. The minimum Gasteiger partial charge on any atom is -0.259 e. The lowest BCUT2D eigenvalue weighted by molar-refractivity contribution is -0.427. The molecule has 11 heavy (non-hydrogen) atoms. The smallest absolute Gasteiger partial charge is 0.242 e. The van der Waals surface area contributed by atoms with Crippen LogP contribution >= 0.6 is 0 Å². The number of rotatable bonds is 5. The first kappa shape index (κ1) is 10.1. The summed E-state index contributed by atoms with van der Waals surface area (Å²) < 4.78 is 0. The zero-order valence-corrected chi connectivity index (χ0v) is 7.17. The summed E-state index contributed by atoms with van der Waals surface area (Å²) in [6.45, 7) is 3.88. The Balaban J connectivity index is 3.81. The summed E-state index contributed by atoms with van der Waals surface area (Å²) in [5, 5.41) is 10.3. The van der Waals surface area contributed by atoms with E-state index >= 15 is 0 Å². The highest BCUT2D eigenvalue weighted by Crippen LogP contribution is 2.05. The van der Waals surface area contributed by atoms with Crippen LogP contribution in [-0.4, -0.2) is 4.92 Å². The van der Waals surface area contributed by atoms with E-state index in [0.717, 1.165) is 19.3 Å². The Hall–Kier alpha value is -0.860. The standard InChI is InChI=1S/C8H15NO2/c1-3-5-6-7-8(4-2)9(10)11/h7H,3-6H2,1-2H3. The monoisotopic (exact) mass is 157 g/mol. The van der Waals surface area contributed by atoms with Crippen LogP contribution in [0.15, 0.2) is 11.8 Å². The molecule has 3 heteroatoms. The van der Waals surface area contributed by atoms with Crippen molar-refractivity contribution in [1.29, 1.82) is 0 Å². The lowest BCUT2D eigenvalue weighted by Gasteiger charge is -1.92. The third-order valence-corrected chi connectivity index (χ3v) is 1.53. The molecule has 0 bridgehead atoms. The predicted molar refractivity (Wildman–Crippen MR) is 44.9 cm³/mol. The second-order valence-corrected chi connectivity index (χ2v) is 2.45. The van der Waals surface area contributed by atoms with Crippen LogP contribution in [0.1, 0.15) is 39.5 Å². The molecular weight excluding hydrogens is 142 g/mol. The summed E-state index contributed by atoms with van der Waals surface area (Å²) in [6, 6.07) is 0. The van der Waals surface area contributed by atoms with Crippen LogP contribution in [0.3, 0.4) is 0 Å². The Bertz CT molecular complexity index is 152. The normalized spacial score (nSPS) is 11.6. The van der Waals surface area contributed by atoms with Gasteiger partial charge in [-0.15, -0.1) is 0 Å². The molecule has 0 amide bonds. The predicted octanol–water partition coefficient (Wildman–Crippen LogP) is 2.75. The fourth-order valence-corrected chi connectivity index (χ4v) is 0.821. The molecule has 64 valence electrons. The molecule has 0 rings (SSSR count). The fourth-order valence-electron chi connectivity index (χ4n) is 0.821. The van der Waals surface area contributed by atoms with E-state index in [9.17, 15) is 10.1 Å². The maximum Gasteiger partial charge on any atom is 0.242 e. The number of hydrogen-bond donors (Lipinski definition) is 0. The molecule has 0 radical (unpaired) electrons. The summed E-state index contributed by atoms with van der Waals surface area (Å²) in [5.41, 5.74) is 0.346. The highest BCUT2D eigenvalue weighted by molar-refractivity contribution is 4.89. The van der Waals surface area contributed by atoms with Crippen molar-refractivity contribution < 1.29 is 4.92 Å². The third-order valence-electron chi connectivity index (χ3n) is 1.53. The van der Waals surface area contributed by atoms with E-state index in [1.165, 1.54) is 0 Å². The van der Waals surface area contributed by atoms with Gasteiger partial charge in [-0.2, -0.15) is 0 Å². The van der Waals surface area contributed by atoms with Gasteiger partial charge in [0.2, 0.25) is 5.70 Å². The van der Waals surface area contributed by atoms with Gasteiger partial charge in [0, 0.05) is 6.42 Å². The highest BCUT2D eigenvalue weighted by atomic mass is 16.6.